The summed E-state index contributed by atoms with van der Waals surface area (Å²) in [6, 6.07) is 39.9. The molecule has 0 bridgehead atoms. The van der Waals surface area contributed by atoms with Crippen molar-refractivity contribution in [2.75, 3.05) is 11.5 Å². The van der Waals surface area contributed by atoms with Gasteiger partial charge in [0.1, 0.15) is 11.5 Å². The van der Waals surface area contributed by atoms with E-state index in [1.165, 1.54) is 0 Å². The average molecular weight is 495 g/mol. The van der Waals surface area contributed by atoms with Crippen LogP contribution in [0.2, 0.25) is 0 Å². The summed E-state index contributed by atoms with van der Waals surface area (Å²) in [7, 11) is 0. The molecule has 0 aliphatic rings. The zero-order valence-corrected chi connectivity index (χ0v) is 20.7. The van der Waals surface area contributed by atoms with Gasteiger partial charge in [-0.15, -0.1) is 0 Å². The van der Waals surface area contributed by atoms with E-state index in [4.69, 9.17) is 20.9 Å². The van der Waals surface area contributed by atoms with Crippen molar-refractivity contribution >= 4 is 45.1 Å². The van der Waals surface area contributed by atoms with Gasteiger partial charge in [-0.2, -0.15) is 0 Å². The first-order chi connectivity index (χ1) is 18.6. The van der Waals surface area contributed by atoms with E-state index in [0.29, 0.717) is 22.9 Å². The molecular formula is C34H26N2O2. The van der Waals surface area contributed by atoms with Crippen molar-refractivity contribution in [3.63, 3.8) is 0 Å². The largest absolute Gasteiger partial charge is 0.455 e. The molecule has 6 aromatic carbocycles. The van der Waals surface area contributed by atoms with Crippen LogP contribution in [0.15, 0.2) is 121 Å². The Kier molecular flexibility index (Phi) is 6.12. The van der Waals surface area contributed by atoms with Crippen molar-refractivity contribution in [1.29, 1.82) is 0 Å². The van der Waals surface area contributed by atoms with Crippen molar-refractivity contribution < 1.29 is 9.47 Å². The van der Waals surface area contributed by atoms with Gasteiger partial charge in [-0.3, -0.25) is 0 Å². The Morgan fingerprint density at radius 2 is 0.763 bits per heavy atom. The van der Waals surface area contributed by atoms with Crippen LogP contribution in [0.1, 0.15) is 11.1 Å². The van der Waals surface area contributed by atoms with Gasteiger partial charge in [0.15, 0.2) is 11.5 Å². The predicted octanol–water partition coefficient (Wildman–Crippen LogP) is 8.91. The van der Waals surface area contributed by atoms with Crippen LogP contribution >= 0.6 is 0 Å². The molecule has 0 fully saturated rings. The van der Waals surface area contributed by atoms with Crippen LogP contribution in [0.4, 0.5) is 11.4 Å². The Morgan fingerprint density at radius 3 is 1.13 bits per heavy atom. The molecule has 6 rings (SSSR count). The highest BCUT2D eigenvalue weighted by Crippen LogP contribution is 2.33. The first-order valence-electron chi connectivity index (χ1n) is 12.4. The molecule has 4 heteroatoms. The van der Waals surface area contributed by atoms with Gasteiger partial charge < -0.3 is 20.9 Å². The number of ether oxygens (including phenoxy) is 2. The molecule has 0 heterocycles. The summed E-state index contributed by atoms with van der Waals surface area (Å²) in [4.78, 5) is 0. The van der Waals surface area contributed by atoms with Gasteiger partial charge in [0.2, 0.25) is 0 Å². The maximum absolute atomic E-state index is 6.21. The number of fused-ring (bicyclic) bond motifs is 2. The SMILES string of the molecule is Nc1cc2ccccc2cc1Oc1ccc(/C=C/c2ccc(Oc3cc4ccccc4cc3N)cc2)cc1. The van der Waals surface area contributed by atoms with Gasteiger partial charge in [-0.1, -0.05) is 84.9 Å². The van der Waals surface area contributed by atoms with Crippen molar-refractivity contribution in [2.24, 2.45) is 0 Å². The molecule has 0 amide bonds. The second-order valence-corrected chi connectivity index (χ2v) is 9.15. The Bertz CT molecular complexity index is 1640. The quantitative estimate of drug-likeness (QED) is 0.179. The molecule has 0 aromatic heterocycles. The molecule has 184 valence electrons. The highest BCUT2D eigenvalue weighted by Gasteiger charge is 2.06. The Labute approximate surface area is 221 Å². The van der Waals surface area contributed by atoms with Crippen molar-refractivity contribution in [3.05, 3.63) is 132 Å². The maximum atomic E-state index is 6.21. The Balaban J connectivity index is 1.11. The van der Waals surface area contributed by atoms with Crippen molar-refractivity contribution in [2.45, 2.75) is 0 Å². The molecule has 4 N–H and O–H groups in total. The molecule has 0 saturated carbocycles. The molecule has 6 aromatic rings. The van der Waals surface area contributed by atoms with E-state index in [9.17, 15) is 0 Å². The van der Waals surface area contributed by atoms with E-state index in [2.05, 4.69) is 12.2 Å². The Morgan fingerprint density at radius 1 is 0.421 bits per heavy atom. The summed E-state index contributed by atoms with van der Waals surface area (Å²) in [6.07, 6.45) is 4.12. The normalized spacial score (nSPS) is 11.3. The fraction of sp³-hybridized carbons (Fsp3) is 0. The van der Waals surface area contributed by atoms with E-state index in [0.717, 1.165) is 44.2 Å². The van der Waals surface area contributed by atoms with Gasteiger partial charge in [0.25, 0.3) is 0 Å². The van der Waals surface area contributed by atoms with E-state index in [1.807, 2.05) is 121 Å². The lowest BCUT2D eigenvalue weighted by molar-refractivity contribution is 0.485. The third-order valence-electron chi connectivity index (χ3n) is 6.44. The van der Waals surface area contributed by atoms with Crippen LogP contribution < -0.4 is 20.9 Å². The van der Waals surface area contributed by atoms with E-state index >= 15 is 0 Å². The molecule has 0 saturated heterocycles. The lowest BCUT2D eigenvalue weighted by Crippen LogP contribution is -1.92. The molecule has 0 aliphatic heterocycles. The van der Waals surface area contributed by atoms with Crippen LogP contribution in [0.5, 0.6) is 23.0 Å². The van der Waals surface area contributed by atoms with Crippen LogP contribution in [0.25, 0.3) is 33.7 Å². The predicted molar refractivity (Wildman–Crippen MR) is 159 cm³/mol. The summed E-state index contributed by atoms with van der Waals surface area (Å²) in [5.74, 6) is 2.77. The summed E-state index contributed by atoms with van der Waals surface area (Å²) in [6.45, 7) is 0. The molecule has 0 unspecified atom stereocenters. The zero-order chi connectivity index (χ0) is 25.9. The molecule has 0 aliphatic carbocycles. The molecule has 0 atom stereocenters. The third kappa shape index (κ3) is 5.01. The van der Waals surface area contributed by atoms with Crippen molar-refractivity contribution in [1.82, 2.24) is 0 Å². The molecule has 0 radical (unpaired) electrons. The smallest absolute Gasteiger partial charge is 0.150 e. The van der Waals surface area contributed by atoms with Gasteiger partial charge in [0, 0.05) is 0 Å². The van der Waals surface area contributed by atoms with Gasteiger partial charge >= 0.3 is 0 Å². The first kappa shape index (κ1) is 23.2. The summed E-state index contributed by atoms with van der Waals surface area (Å²) >= 11 is 0. The fourth-order valence-corrected chi connectivity index (χ4v) is 4.39. The first-order valence-corrected chi connectivity index (χ1v) is 12.4. The van der Waals surface area contributed by atoms with E-state index in [-0.39, 0.29) is 0 Å². The highest BCUT2D eigenvalue weighted by molar-refractivity contribution is 5.89. The molecular weight excluding hydrogens is 468 g/mol. The van der Waals surface area contributed by atoms with E-state index < -0.39 is 0 Å². The highest BCUT2D eigenvalue weighted by atomic mass is 16.5. The second-order valence-electron chi connectivity index (χ2n) is 9.15. The number of hydrogen-bond acceptors (Lipinski definition) is 4. The standard InChI is InChI=1S/C34H26N2O2/c35-31-19-25-5-1-3-7-27(25)21-33(31)37-29-15-11-23(12-16-29)9-10-24-13-17-30(18-14-24)38-34-22-28-8-4-2-6-26(28)20-32(34)36/h1-22H,35-36H2/b10-9+. The lowest BCUT2D eigenvalue weighted by atomic mass is 10.1. The van der Waals surface area contributed by atoms with Crippen LogP contribution in [-0.4, -0.2) is 0 Å². The monoisotopic (exact) mass is 494 g/mol. The summed E-state index contributed by atoms with van der Waals surface area (Å²) in [5, 5.41) is 4.37. The molecule has 0 spiro atoms. The molecule has 4 nitrogen and oxygen atoms in total. The Hall–Kier alpha value is -5.22. The number of benzene rings is 6. The van der Waals surface area contributed by atoms with Crippen molar-refractivity contribution in [3.8, 4) is 23.0 Å². The average Bonchev–Trinajstić information content (AvgIpc) is 2.94. The lowest BCUT2D eigenvalue weighted by Gasteiger charge is -2.10. The van der Waals surface area contributed by atoms with Crippen LogP contribution in [0, 0.1) is 0 Å². The van der Waals surface area contributed by atoms with Gasteiger partial charge in [-0.25, -0.2) is 0 Å². The number of hydrogen-bond donors (Lipinski definition) is 2. The number of anilines is 2. The topological polar surface area (TPSA) is 70.5 Å². The number of nitrogens with two attached hydrogens (primary N) is 2. The minimum absolute atomic E-state index is 0.614. The van der Waals surface area contributed by atoms with Gasteiger partial charge in [-0.05, 0) is 81.2 Å². The fourth-order valence-electron chi connectivity index (χ4n) is 4.39. The van der Waals surface area contributed by atoms with E-state index in [1.54, 1.807) is 0 Å². The number of rotatable bonds is 6. The van der Waals surface area contributed by atoms with Crippen LogP contribution in [-0.2, 0) is 0 Å². The van der Waals surface area contributed by atoms with Crippen LogP contribution in [0.3, 0.4) is 0 Å². The minimum atomic E-state index is 0.614. The summed E-state index contributed by atoms with van der Waals surface area (Å²) < 4.78 is 12.1. The zero-order valence-electron chi connectivity index (χ0n) is 20.7. The maximum Gasteiger partial charge on any atom is 0.150 e. The second kappa shape index (κ2) is 10.0. The number of nitrogen functional groups attached to an aromatic ring is 2. The minimum Gasteiger partial charge on any atom is -0.455 e. The molecule has 38 heavy (non-hydrogen) atoms. The van der Waals surface area contributed by atoms with Gasteiger partial charge in [0.05, 0.1) is 11.4 Å². The summed E-state index contributed by atoms with van der Waals surface area (Å²) in [5.41, 5.74) is 15.8. The third-order valence-corrected chi connectivity index (χ3v) is 6.44.